The van der Waals surface area contributed by atoms with Crippen LogP contribution in [0.1, 0.15) is 13.8 Å². The number of para-hydroxylation sites is 1. The van der Waals surface area contributed by atoms with Gasteiger partial charge in [0.15, 0.2) is 11.5 Å². The van der Waals surface area contributed by atoms with E-state index in [1.807, 2.05) is 26.0 Å². The minimum atomic E-state index is 0.151. The van der Waals surface area contributed by atoms with Gasteiger partial charge in [-0.2, -0.15) is 0 Å². The molecule has 0 aliphatic carbocycles. The first-order chi connectivity index (χ1) is 5.74. The number of rotatable bonds is 3. The summed E-state index contributed by atoms with van der Waals surface area (Å²) in [6.45, 7) is 3.94. The van der Waals surface area contributed by atoms with Crippen molar-refractivity contribution in [2.24, 2.45) is 0 Å². The van der Waals surface area contributed by atoms with E-state index in [0.29, 0.717) is 5.75 Å². The maximum Gasteiger partial charge on any atom is 0.169 e. The van der Waals surface area contributed by atoms with Crippen LogP contribution in [0.3, 0.4) is 0 Å². The average Bonchev–Trinajstić information content (AvgIpc) is 2.04. The smallest absolute Gasteiger partial charge is 0.169 e. The van der Waals surface area contributed by atoms with Crippen molar-refractivity contribution < 1.29 is 9.47 Å². The highest BCUT2D eigenvalue weighted by Gasteiger charge is 2.03. The molecule has 0 spiro atoms. The van der Waals surface area contributed by atoms with E-state index in [4.69, 9.17) is 9.47 Å². The lowest BCUT2D eigenvalue weighted by atomic mass is 10.3. The molecule has 0 atom stereocenters. The van der Waals surface area contributed by atoms with Crippen LogP contribution >= 0.6 is 0 Å². The number of methoxy groups -OCH3 is 1. The van der Waals surface area contributed by atoms with Gasteiger partial charge in [0.25, 0.3) is 0 Å². The monoisotopic (exact) mass is 165 g/mol. The highest BCUT2D eigenvalue weighted by Crippen LogP contribution is 2.25. The van der Waals surface area contributed by atoms with E-state index in [1.165, 1.54) is 0 Å². The fraction of sp³-hybridized carbons (Fsp3) is 0.400. The predicted octanol–water partition coefficient (Wildman–Crippen LogP) is 2.28. The molecule has 1 aromatic carbocycles. The number of hydrogen-bond donors (Lipinski definition) is 0. The van der Waals surface area contributed by atoms with Gasteiger partial charge in [0, 0.05) is 6.07 Å². The van der Waals surface area contributed by atoms with Gasteiger partial charge in [-0.3, -0.25) is 0 Å². The molecular formula is C10H13O2. The van der Waals surface area contributed by atoms with Crippen molar-refractivity contribution in [2.45, 2.75) is 20.0 Å². The lowest BCUT2D eigenvalue weighted by molar-refractivity contribution is 0.229. The summed E-state index contributed by atoms with van der Waals surface area (Å²) in [5.41, 5.74) is 0. The van der Waals surface area contributed by atoms with E-state index in [9.17, 15) is 0 Å². The molecule has 12 heavy (non-hydrogen) atoms. The Morgan fingerprint density at radius 1 is 1.42 bits per heavy atom. The molecule has 0 unspecified atom stereocenters. The fourth-order valence-electron chi connectivity index (χ4n) is 0.895. The van der Waals surface area contributed by atoms with Crippen LogP contribution in [0.4, 0.5) is 0 Å². The largest absolute Gasteiger partial charge is 0.493 e. The van der Waals surface area contributed by atoms with Gasteiger partial charge in [0.2, 0.25) is 0 Å². The van der Waals surface area contributed by atoms with Crippen LogP contribution in [-0.4, -0.2) is 13.2 Å². The topological polar surface area (TPSA) is 18.5 Å². The molecule has 0 heterocycles. The molecule has 1 radical (unpaired) electrons. The maximum absolute atomic E-state index is 5.46. The van der Waals surface area contributed by atoms with Crippen LogP contribution in [0.5, 0.6) is 11.5 Å². The Balaban J connectivity index is 2.82. The molecule has 0 saturated heterocycles. The molecule has 1 aromatic rings. The molecule has 0 fully saturated rings. The van der Waals surface area contributed by atoms with Crippen LogP contribution in [-0.2, 0) is 0 Å². The third-order valence-corrected chi connectivity index (χ3v) is 1.36. The zero-order valence-corrected chi connectivity index (χ0v) is 7.63. The van der Waals surface area contributed by atoms with Crippen molar-refractivity contribution in [1.29, 1.82) is 0 Å². The van der Waals surface area contributed by atoms with Crippen molar-refractivity contribution in [2.75, 3.05) is 7.11 Å². The van der Waals surface area contributed by atoms with Crippen LogP contribution in [0.15, 0.2) is 18.2 Å². The third kappa shape index (κ3) is 2.16. The van der Waals surface area contributed by atoms with Gasteiger partial charge in [0.05, 0.1) is 13.2 Å². The van der Waals surface area contributed by atoms with Gasteiger partial charge in [0.1, 0.15) is 0 Å². The Morgan fingerprint density at radius 2 is 2.17 bits per heavy atom. The molecule has 65 valence electrons. The minimum Gasteiger partial charge on any atom is -0.493 e. The number of ether oxygens (including phenoxy) is 2. The van der Waals surface area contributed by atoms with Gasteiger partial charge < -0.3 is 9.47 Å². The summed E-state index contributed by atoms with van der Waals surface area (Å²) >= 11 is 0. The highest BCUT2D eigenvalue weighted by molar-refractivity contribution is 5.38. The quantitative estimate of drug-likeness (QED) is 0.684. The van der Waals surface area contributed by atoms with Crippen LogP contribution < -0.4 is 9.47 Å². The van der Waals surface area contributed by atoms with Gasteiger partial charge in [-0.15, -0.1) is 0 Å². The Labute approximate surface area is 73.1 Å². The second-order valence-electron chi connectivity index (χ2n) is 2.73. The van der Waals surface area contributed by atoms with Crippen molar-refractivity contribution in [3.63, 3.8) is 0 Å². The third-order valence-electron chi connectivity index (χ3n) is 1.36. The Morgan fingerprint density at radius 3 is 2.75 bits per heavy atom. The summed E-state index contributed by atoms with van der Waals surface area (Å²) in [6, 6.07) is 8.50. The predicted molar refractivity (Wildman–Crippen MR) is 47.6 cm³/mol. The average molecular weight is 165 g/mol. The molecule has 1 rings (SSSR count). The lowest BCUT2D eigenvalue weighted by Crippen LogP contribution is -2.06. The Kier molecular flexibility index (Phi) is 2.97. The van der Waals surface area contributed by atoms with Crippen LogP contribution in [0.25, 0.3) is 0 Å². The number of hydrogen-bond acceptors (Lipinski definition) is 2. The van der Waals surface area contributed by atoms with E-state index in [2.05, 4.69) is 6.07 Å². The van der Waals surface area contributed by atoms with Gasteiger partial charge in [-0.05, 0) is 19.9 Å². The Hall–Kier alpha value is -1.18. The zero-order valence-electron chi connectivity index (χ0n) is 7.63. The summed E-state index contributed by atoms with van der Waals surface area (Å²) < 4.78 is 10.5. The summed E-state index contributed by atoms with van der Waals surface area (Å²) in [7, 11) is 1.62. The molecule has 2 heteroatoms. The van der Waals surface area contributed by atoms with E-state index in [1.54, 1.807) is 13.2 Å². The molecule has 2 nitrogen and oxygen atoms in total. The van der Waals surface area contributed by atoms with Crippen LogP contribution in [0.2, 0.25) is 0 Å². The minimum absolute atomic E-state index is 0.151. The fourth-order valence-corrected chi connectivity index (χ4v) is 0.895. The molecule has 0 N–H and O–H groups in total. The van der Waals surface area contributed by atoms with Crippen molar-refractivity contribution in [3.05, 3.63) is 24.3 Å². The summed E-state index contributed by atoms with van der Waals surface area (Å²) in [5, 5.41) is 0. The molecule has 0 bridgehead atoms. The van der Waals surface area contributed by atoms with Gasteiger partial charge >= 0.3 is 0 Å². The summed E-state index contributed by atoms with van der Waals surface area (Å²) in [6.07, 6.45) is 0.151. The Bertz CT molecular complexity index is 243. The van der Waals surface area contributed by atoms with E-state index in [-0.39, 0.29) is 6.10 Å². The van der Waals surface area contributed by atoms with E-state index in [0.717, 1.165) is 5.75 Å². The second-order valence-corrected chi connectivity index (χ2v) is 2.73. The van der Waals surface area contributed by atoms with Gasteiger partial charge in [-0.1, -0.05) is 12.1 Å². The van der Waals surface area contributed by atoms with Crippen molar-refractivity contribution in [3.8, 4) is 11.5 Å². The zero-order chi connectivity index (χ0) is 8.97. The SMILES string of the molecule is COc1ccc[c]c1OC(C)C. The lowest BCUT2D eigenvalue weighted by Gasteiger charge is -2.12. The summed E-state index contributed by atoms with van der Waals surface area (Å²) in [5.74, 6) is 1.40. The van der Waals surface area contributed by atoms with Crippen LogP contribution in [0, 0.1) is 6.07 Å². The number of benzene rings is 1. The molecular weight excluding hydrogens is 152 g/mol. The first kappa shape index (κ1) is 8.91. The normalized spacial score (nSPS) is 10.0. The molecule has 0 amide bonds. The van der Waals surface area contributed by atoms with E-state index >= 15 is 0 Å². The first-order valence-electron chi connectivity index (χ1n) is 3.95. The molecule has 0 aromatic heterocycles. The maximum atomic E-state index is 5.46. The molecule has 0 saturated carbocycles. The first-order valence-corrected chi connectivity index (χ1v) is 3.95. The molecule has 0 aliphatic heterocycles. The van der Waals surface area contributed by atoms with Gasteiger partial charge in [-0.25, -0.2) is 0 Å². The molecule has 0 aliphatic rings. The van der Waals surface area contributed by atoms with E-state index < -0.39 is 0 Å². The van der Waals surface area contributed by atoms with Crippen molar-refractivity contribution >= 4 is 0 Å². The standard InChI is InChI=1S/C10H13O2/c1-8(2)12-10-7-5-4-6-9(10)11-3/h4-6,8H,1-3H3. The van der Waals surface area contributed by atoms with Crippen molar-refractivity contribution in [1.82, 2.24) is 0 Å². The second kappa shape index (κ2) is 4.00. The highest BCUT2D eigenvalue weighted by atomic mass is 16.5. The summed E-state index contributed by atoms with van der Waals surface area (Å²) in [4.78, 5) is 0.